The van der Waals surface area contributed by atoms with E-state index in [1.54, 1.807) is 41.6 Å². The number of imidazole rings is 1. The molecular formula is C24H24N8O2S. The Morgan fingerprint density at radius 3 is 2.34 bits per heavy atom. The number of fused-ring (bicyclic) bond motifs is 1. The minimum absolute atomic E-state index is 0.198. The molecule has 0 aliphatic rings. The van der Waals surface area contributed by atoms with Gasteiger partial charge in [-0.1, -0.05) is 6.07 Å². The second-order valence-corrected chi connectivity index (χ2v) is 11.3. The van der Waals surface area contributed by atoms with E-state index in [1.165, 1.54) is 12.6 Å². The molecule has 10 nitrogen and oxygen atoms in total. The molecule has 5 aromatic rings. The summed E-state index contributed by atoms with van der Waals surface area (Å²) in [6, 6.07) is 10.9. The van der Waals surface area contributed by atoms with Crippen molar-refractivity contribution in [2.24, 2.45) is 0 Å². The van der Waals surface area contributed by atoms with Crippen LogP contribution in [0.4, 0.5) is 5.95 Å². The van der Waals surface area contributed by atoms with Crippen LogP contribution in [0.1, 0.15) is 20.8 Å². The molecule has 35 heavy (non-hydrogen) atoms. The zero-order valence-corrected chi connectivity index (χ0v) is 20.5. The van der Waals surface area contributed by atoms with Crippen molar-refractivity contribution in [3.8, 4) is 28.2 Å². The van der Waals surface area contributed by atoms with Crippen LogP contribution < -0.4 is 5.73 Å². The van der Waals surface area contributed by atoms with Crippen LogP contribution in [-0.2, 0) is 15.4 Å². The number of hydrogen-bond donors (Lipinski definition) is 1. The summed E-state index contributed by atoms with van der Waals surface area (Å²) < 4.78 is 28.5. The fourth-order valence-electron chi connectivity index (χ4n) is 4.06. The molecule has 2 N–H and O–H groups in total. The Labute approximate surface area is 202 Å². The number of hydrogen-bond acceptors (Lipinski definition) is 8. The van der Waals surface area contributed by atoms with Gasteiger partial charge in [-0.3, -0.25) is 0 Å². The van der Waals surface area contributed by atoms with E-state index in [2.05, 4.69) is 45.4 Å². The molecule has 0 saturated heterocycles. The predicted molar refractivity (Wildman–Crippen MR) is 134 cm³/mol. The average Bonchev–Trinajstić information content (AvgIpc) is 3.46. The van der Waals surface area contributed by atoms with Gasteiger partial charge in [0.25, 0.3) is 0 Å². The first kappa shape index (κ1) is 22.7. The highest BCUT2D eigenvalue weighted by Crippen LogP contribution is 2.36. The third-order valence-corrected chi connectivity index (χ3v) is 6.74. The highest BCUT2D eigenvalue weighted by molar-refractivity contribution is 7.90. The Balaban J connectivity index is 1.81. The zero-order valence-electron chi connectivity index (χ0n) is 19.7. The van der Waals surface area contributed by atoms with Crippen molar-refractivity contribution in [1.29, 1.82) is 0 Å². The monoisotopic (exact) mass is 488 g/mol. The highest BCUT2D eigenvalue weighted by Gasteiger charge is 2.26. The quantitative estimate of drug-likeness (QED) is 0.406. The van der Waals surface area contributed by atoms with Gasteiger partial charge in [0.15, 0.2) is 9.84 Å². The van der Waals surface area contributed by atoms with E-state index in [0.717, 1.165) is 22.2 Å². The minimum Gasteiger partial charge on any atom is -0.368 e. The Bertz CT molecular complexity index is 1650. The molecule has 3 aromatic heterocycles. The molecule has 0 aliphatic carbocycles. The van der Waals surface area contributed by atoms with E-state index in [-0.39, 0.29) is 16.4 Å². The topological polar surface area (TPSA) is 134 Å². The summed E-state index contributed by atoms with van der Waals surface area (Å²) in [5.74, 6) is 0.828. The van der Waals surface area contributed by atoms with E-state index in [9.17, 15) is 8.42 Å². The van der Waals surface area contributed by atoms with E-state index in [1.807, 2.05) is 18.2 Å². The van der Waals surface area contributed by atoms with Gasteiger partial charge in [0, 0.05) is 35.3 Å². The molecule has 2 aromatic carbocycles. The molecule has 0 unspecified atom stereocenters. The predicted octanol–water partition coefficient (Wildman–Crippen LogP) is 3.48. The number of aromatic nitrogens is 7. The summed E-state index contributed by atoms with van der Waals surface area (Å²) in [5.41, 5.74) is 9.93. The maximum absolute atomic E-state index is 12.4. The summed E-state index contributed by atoms with van der Waals surface area (Å²) in [7, 11) is -3.45. The molecule has 0 bridgehead atoms. The fourth-order valence-corrected chi connectivity index (χ4v) is 4.71. The lowest BCUT2D eigenvalue weighted by atomic mass is 10.1. The highest BCUT2D eigenvalue weighted by atomic mass is 32.2. The van der Waals surface area contributed by atoms with Crippen molar-refractivity contribution in [3.05, 3.63) is 61.4 Å². The molecule has 5 rings (SSSR count). The molecule has 0 fully saturated rings. The molecule has 11 heteroatoms. The van der Waals surface area contributed by atoms with Gasteiger partial charge in [0.05, 0.1) is 21.6 Å². The summed E-state index contributed by atoms with van der Waals surface area (Å²) in [5, 5.41) is 4.27. The van der Waals surface area contributed by atoms with Crippen molar-refractivity contribution in [3.63, 3.8) is 0 Å². The Kier molecular flexibility index (Phi) is 5.17. The van der Waals surface area contributed by atoms with Crippen molar-refractivity contribution in [2.45, 2.75) is 31.2 Å². The fraction of sp³-hybridized carbons (Fsp3) is 0.208. The maximum Gasteiger partial charge on any atom is 0.219 e. The van der Waals surface area contributed by atoms with Gasteiger partial charge in [-0.05, 0) is 56.7 Å². The summed E-state index contributed by atoms with van der Waals surface area (Å²) in [6.07, 6.45) is 7.53. The van der Waals surface area contributed by atoms with Crippen LogP contribution in [0.15, 0.2) is 66.3 Å². The number of nitrogen functional groups attached to an aromatic ring is 1. The van der Waals surface area contributed by atoms with Gasteiger partial charge in [0.1, 0.15) is 18.5 Å². The van der Waals surface area contributed by atoms with Gasteiger partial charge < -0.3 is 10.3 Å². The maximum atomic E-state index is 12.4. The molecule has 0 atom stereocenters. The third-order valence-electron chi connectivity index (χ3n) is 5.63. The van der Waals surface area contributed by atoms with Crippen molar-refractivity contribution >= 4 is 26.8 Å². The van der Waals surface area contributed by atoms with Gasteiger partial charge >= 0.3 is 0 Å². The molecule has 0 spiro atoms. The van der Waals surface area contributed by atoms with Crippen LogP contribution >= 0.6 is 0 Å². The minimum atomic E-state index is -3.45. The normalized spacial score (nSPS) is 12.3. The number of anilines is 1. The molecular weight excluding hydrogens is 464 g/mol. The second kappa shape index (κ2) is 7.98. The lowest BCUT2D eigenvalue weighted by Crippen LogP contribution is -2.23. The van der Waals surface area contributed by atoms with Crippen molar-refractivity contribution in [1.82, 2.24) is 34.3 Å². The van der Waals surface area contributed by atoms with E-state index >= 15 is 0 Å². The molecule has 3 heterocycles. The smallest absolute Gasteiger partial charge is 0.219 e. The van der Waals surface area contributed by atoms with Gasteiger partial charge in [-0.15, -0.1) is 0 Å². The lowest BCUT2D eigenvalue weighted by molar-refractivity contribution is 0.413. The lowest BCUT2D eigenvalue weighted by Gasteiger charge is -2.25. The van der Waals surface area contributed by atoms with Crippen LogP contribution in [0.2, 0.25) is 0 Å². The Morgan fingerprint density at radius 1 is 0.971 bits per heavy atom. The zero-order chi connectivity index (χ0) is 25.0. The van der Waals surface area contributed by atoms with Crippen LogP contribution in [0.25, 0.3) is 39.2 Å². The van der Waals surface area contributed by atoms with Crippen LogP contribution in [0, 0.1) is 0 Å². The molecule has 0 amide bonds. The molecule has 178 valence electrons. The van der Waals surface area contributed by atoms with E-state index < -0.39 is 9.84 Å². The van der Waals surface area contributed by atoms with E-state index in [0.29, 0.717) is 17.1 Å². The third kappa shape index (κ3) is 4.14. The summed E-state index contributed by atoms with van der Waals surface area (Å²) in [4.78, 5) is 17.4. The first-order valence-electron chi connectivity index (χ1n) is 10.8. The number of rotatable bonds is 4. The summed E-state index contributed by atoms with van der Waals surface area (Å²) in [6.45, 7) is 6.23. The second-order valence-electron chi connectivity index (χ2n) is 9.27. The van der Waals surface area contributed by atoms with Gasteiger partial charge in [-0.25, -0.2) is 33.0 Å². The van der Waals surface area contributed by atoms with Crippen LogP contribution in [0.5, 0.6) is 0 Å². The average molecular weight is 489 g/mol. The largest absolute Gasteiger partial charge is 0.368 e. The van der Waals surface area contributed by atoms with Crippen molar-refractivity contribution < 1.29 is 8.42 Å². The Hall–Kier alpha value is -4.12. The molecule has 0 saturated carbocycles. The number of nitrogens with zero attached hydrogens (tertiary/aromatic N) is 7. The SMILES string of the molecule is CC(C)(C)n1c(-c2cc(S(C)(=O)=O)ccc2-n2cncn2)nc2cc(-c3cnc(N)nc3)ccc21. The molecule has 0 aliphatic heterocycles. The number of nitrogens with two attached hydrogens (primary N) is 1. The van der Waals surface area contributed by atoms with Crippen molar-refractivity contribution in [2.75, 3.05) is 12.0 Å². The van der Waals surface area contributed by atoms with Crippen LogP contribution in [0.3, 0.4) is 0 Å². The van der Waals surface area contributed by atoms with E-state index in [4.69, 9.17) is 10.7 Å². The van der Waals surface area contributed by atoms with Gasteiger partial charge in [-0.2, -0.15) is 5.10 Å². The van der Waals surface area contributed by atoms with Gasteiger partial charge in [0.2, 0.25) is 5.95 Å². The summed E-state index contributed by atoms with van der Waals surface area (Å²) >= 11 is 0. The number of sulfone groups is 1. The molecule has 0 radical (unpaired) electrons. The van der Waals surface area contributed by atoms with Crippen LogP contribution in [-0.4, -0.2) is 49.0 Å². The first-order chi connectivity index (χ1) is 16.5. The number of benzene rings is 2. The Morgan fingerprint density at radius 2 is 1.71 bits per heavy atom. The first-order valence-corrected chi connectivity index (χ1v) is 12.7. The standard InChI is InChI=1S/C24H24N8O2S/c1-24(2,3)32-21-7-5-15(16-11-27-23(25)28-12-16)9-19(21)30-22(32)18-10-17(35(4,33)34)6-8-20(18)31-14-26-13-29-31/h5-14H,1-4H3,(H2,25,27,28).